The number of anilines is 2. The van der Waals surface area contributed by atoms with Crippen molar-refractivity contribution in [2.24, 2.45) is 0 Å². The second-order valence-corrected chi connectivity index (χ2v) is 10.4. The second-order valence-electron chi connectivity index (χ2n) is 10.4. The van der Waals surface area contributed by atoms with Crippen LogP contribution in [0, 0.1) is 17.1 Å². The number of carbonyl (C=O) groups excluding carboxylic acids is 3. The van der Waals surface area contributed by atoms with Gasteiger partial charge in [0.15, 0.2) is 0 Å². The zero-order valence-electron chi connectivity index (χ0n) is 24.9. The normalized spacial score (nSPS) is 16.7. The van der Waals surface area contributed by atoms with Crippen LogP contribution < -0.4 is 19.9 Å². The van der Waals surface area contributed by atoms with E-state index in [0.29, 0.717) is 28.1 Å². The molecule has 2 N–H and O–H groups in total. The van der Waals surface area contributed by atoms with Crippen LogP contribution in [0.1, 0.15) is 31.9 Å². The minimum atomic E-state index is -1.34. The molecule has 3 aromatic carbocycles. The highest BCUT2D eigenvalue weighted by molar-refractivity contribution is 6.08. The molecular formula is C32H32FN5O6. The Morgan fingerprint density at radius 1 is 1.14 bits per heavy atom. The number of carbonyl (C=O) groups is 4. The molecular weight excluding hydrogens is 569 g/mol. The lowest BCUT2D eigenvalue weighted by atomic mass is 10.0. The Morgan fingerprint density at radius 3 is 2.45 bits per heavy atom. The smallest absolute Gasteiger partial charge is 0.407 e. The van der Waals surface area contributed by atoms with Gasteiger partial charge in [-0.15, -0.1) is 0 Å². The maximum Gasteiger partial charge on any atom is 0.407 e. The van der Waals surface area contributed by atoms with Gasteiger partial charge < -0.3 is 25.0 Å². The molecule has 0 saturated heterocycles. The lowest BCUT2D eigenvalue weighted by molar-refractivity contribution is -0.130. The standard InChI is InChI=1S/C32H32FN5O6/c1-18-29(35-30(40)19(2)36(4)32(42)43)31(41)37(26-12-10-21(16-34)14-27(26)38(18)20(3)39)17-23-15-22(11-13-28(23)44-5)24-8-6-7-9-25(24)33/h6-15,18-19,29H,17H2,1-5H3,(H,35,40)(H,42,43)/t18-,19-,29-/m0/s1. The number of benzene rings is 3. The summed E-state index contributed by atoms with van der Waals surface area (Å²) in [6, 6.07) is 14.5. The number of nitrogens with one attached hydrogen (secondary N) is 1. The Bertz CT molecular complexity index is 1670. The van der Waals surface area contributed by atoms with E-state index in [9.17, 15) is 33.9 Å². The summed E-state index contributed by atoms with van der Waals surface area (Å²) in [6.45, 7) is 4.16. The van der Waals surface area contributed by atoms with E-state index in [1.54, 1.807) is 49.4 Å². The zero-order chi connectivity index (χ0) is 32.3. The van der Waals surface area contributed by atoms with E-state index in [4.69, 9.17) is 4.74 Å². The number of likely N-dealkylation sites (N-methyl/N-ethyl adjacent to an activating group) is 1. The lowest BCUT2D eigenvalue weighted by Gasteiger charge is -2.32. The number of ether oxygens (including phenoxy) is 1. The van der Waals surface area contributed by atoms with Crippen molar-refractivity contribution in [3.8, 4) is 22.9 Å². The van der Waals surface area contributed by atoms with Crippen molar-refractivity contribution < 1.29 is 33.4 Å². The fourth-order valence-corrected chi connectivity index (χ4v) is 5.23. The van der Waals surface area contributed by atoms with Crippen molar-refractivity contribution in [2.75, 3.05) is 24.0 Å². The number of hydrogen-bond acceptors (Lipinski definition) is 6. The highest BCUT2D eigenvalue weighted by atomic mass is 19.1. The van der Waals surface area contributed by atoms with Gasteiger partial charge in [-0.25, -0.2) is 9.18 Å². The molecule has 1 aliphatic heterocycles. The van der Waals surface area contributed by atoms with Crippen molar-refractivity contribution in [2.45, 2.75) is 45.4 Å². The van der Waals surface area contributed by atoms with Gasteiger partial charge in [0.25, 0.3) is 5.91 Å². The van der Waals surface area contributed by atoms with Crippen molar-refractivity contribution in [1.29, 1.82) is 5.26 Å². The van der Waals surface area contributed by atoms with Crippen LogP contribution >= 0.6 is 0 Å². The fourth-order valence-electron chi connectivity index (χ4n) is 5.23. The average Bonchev–Trinajstić information content (AvgIpc) is 3.08. The molecule has 4 rings (SSSR count). The first-order valence-electron chi connectivity index (χ1n) is 13.7. The van der Waals surface area contributed by atoms with Gasteiger partial charge in [-0.05, 0) is 55.8 Å². The Kier molecular flexibility index (Phi) is 9.18. The van der Waals surface area contributed by atoms with E-state index in [0.717, 1.165) is 4.90 Å². The quantitative estimate of drug-likeness (QED) is 0.414. The maximum atomic E-state index is 14.7. The van der Waals surface area contributed by atoms with E-state index >= 15 is 0 Å². The lowest BCUT2D eigenvalue weighted by Crippen LogP contribution is -2.60. The van der Waals surface area contributed by atoms with Gasteiger partial charge in [0.1, 0.15) is 23.7 Å². The van der Waals surface area contributed by atoms with E-state index in [2.05, 4.69) is 11.4 Å². The number of fused-ring (bicyclic) bond motifs is 1. The molecule has 1 aliphatic rings. The van der Waals surface area contributed by atoms with Crippen LogP contribution in [-0.4, -0.2) is 66.1 Å². The summed E-state index contributed by atoms with van der Waals surface area (Å²) in [4.78, 5) is 55.7. The SMILES string of the molecule is COc1ccc(-c2ccccc2F)cc1CN1C(=O)[C@@H](NC(=O)[C@H](C)N(C)C(=O)O)[C@H](C)N(C(C)=O)c2cc(C#N)ccc21. The molecule has 0 radical (unpaired) electrons. The summed E-state index contributed by atoms with van der Waals surface area (Å²) >= 11 is 0. The fraction of sp³-hybridized carbons (Fsp3) is 0.281. The molecule has 1 heterocycles. The Balaban J connectivity index is 1.87. The number of halogens is 1. The molecule has 4 amide bonds. The molecule has 44 heavy (non-hydrogen) atoms. The first-order valence-corrected chi connectivity index (χ1v) is 13.7. The summed E-state index contributed by atoms with van der Waals surface area (Å²) < 4.78 is 20.3. The van der Waals surface area contributed by atoms with Crippen molar-refractivity contribution >= 4 is 35.2 Å². The van der Waals surface area contributed by atoms with Gasteiger partial charge in [0.05, 0.1) is 42.7 Å². The summed E-state index contributed by atoms with van der Waals surface area (Å²) in [5, 5.41) is 21.6. The number of amides is 4. The van der Waals surface area contributed by atoms with Crippen LogP contribution in [0.2, 0.25) is 0 Å². The van der Waals surface area contributed by atoms with Crippen LogP contribution in [0.25, 0.3) is 11.1 Å². The topological polar surface area (TPSA) is 143 Å². The number of nitrogens with zero attached hydrogens (tertiary/aromatic N) is 4. The molecule has 0 spiro atoms. The Hall–Kier alpha value is -5.44. The third kappa shape index (κ3) is 6.03. The molecule has 3 atom stereocenters. The second kappa shape index (κ2) is 12.8. The Labute approximate surface area is 254 Å². The monoisotopic (exact) mass is 601 g/mol. The molecule has 0 bridgehead atoms. The molecule has 0 aromatic heterocycles. The molecule has 11 nitrogen and oxygen atoms in total. The van der Waals surface area contributed by atoms with Crippen molar-refractivity contribution in [3.05, 3.63) is 77.6 Å². The predicted molar refractivity (Wildman–Crippen MR) is 161 cm³/mol. The predicted octanol–water partition coefficient (Wildman–Crippen LogP) is 4.14. The maximum absolute atomic E-state index is 14.7. The highest BCUT2D eigenvalue weighted by Crippen LogP contribution is 2.39. The molecule has 0 aliphatic carbocycles. The van der Waals surface area contributed by atoms with E-state index in [-0.39, 0.29) is 17.8 Å². The molecule has 0 saturated carbocycles. The number of carboxylic acid groups (broad SMARTS) is 1. The van der Waals surface area contributed by atoms with Crippen LogP contribution in [0.3, 0.4) is 0 Å². The largest absolute Gasteiger partial charge is 0.496 e. The average molecular weight is 602 g/mol. The minimum absolute atomic E-state index is 0.112. The van der Waals surface area contributed by atoms with Crippen LogP contribution in [0.4, 0.5) is 20.6 Å². The van der Waals surface area contributed by atoms with Gasteiger partial charge in [-0.3, -0.25) is 19.3 Å². The van der Waals surface area contributed by atoms with Crippen molar-refractivity contribution in [1.82, 2.24) is 10.2 Å². The first-order chi connectivity index (χ1) is 20.9. The molecule has 0 unspecified atom stereocenters. The highest BCUT2D eigenvalue weighted by Gasteiger charge is 2.42. The first kappa shape index (κ1) is 31.5. The summed E-state index contributed by atoms with van der Waals surface area (Å²) in [7, 11) is 2.69. The van der Waals surface area contributed by atoms with Crippen molar-refractivity contribution in [3.63, 3.8) is 0 Å². The Morgan fingerprint density at radius 2 is 1.84 bits per heavy atom. The van der Waals surface area contributed by atoms with Gasteiger partial charge in [0.2, 0.25) is 11.8 Å². The third-order valence-corrected chi connectivity index (χ3v) is 7.77. The zero-order valence-corrected chi connectivity index (χ0v) is 24.9. The van der Waals surface area contributed by atoms with Gasteiger partial charge >= 0.3 is 6.09 Å². The molecule has 12 heteroatoms. The minimum Gasteiger partial charge on any atom is -0.496 e. The van der Waals surface area contributed by atoms with E-state index < -0.39 is 47.8 Å². The number of rotatable bonds is 7. The van der Waals surface area contributed by atoms with E-state index in [1.807, 2.05) is 0 Å². The molecule has 3 aromatic rings. The van der Waals surface area contributed by atoms with Crippen LogP contribution in [-0.2, 0) is 20.9 Å². The van der Waals surface area contributed by atoms with E-state index in [1.165, 1.54) is 56.0 Å². The molecule has 0 fully saturated rings. The summed E-state index contributed by atoms with van der Waals surface area (Å²) in [5.74, 6) is -1.81. The van der Waals surface area contributed by atoms with Crippen LogP contribution in [0.15, 0.2) is 60.7 Å². The summed E-state index contributed by atoms with van der Waals surface area (Å²) in [5.41, 5.74) is 2.19. The third-order valence-electron chi connectivity index (χ3n) is 7.77. The van der Waals surface area contributed by atoms with Gasteiger partial charge in [0, 0.05) is 25.1 Å². The number of hydrogen-bond donors (Lipinski definition) is 2. The molecule has 228 valence electrons. The van der Waals surface area contributed by atoms with Crippen LogP contribution in [0.5, 0.6) is 5.75 Å². The number of methoxy groups -OCH3 is 1. The van der Waals surface area contributed by atoms with Gasteiger partial charge in [-0.2, -0.15) is 5.26 Å². The van der Waals surface area contributed by atoms with Gasteiger partial charge in [-0.1, -0.05) is 24.3 Å². The summed E-state index contributed by atoms with van der Waals surface area (Å²) in [6.07, 6.45) is -1.34. The number of nitriles is 1.